The molecule has 0 aromatic carbocycles. The molecule has 0 radical (unpaired) electrons. The highest BCUT2D eigenvalue weighted by atomic mass is 28.4. The summed E-state index contributed by atoms with van der Waals surface area (Å²) in [5.41, 5.74) is -0.120. The zero-order valence-corrected chi connectivity index (χ0v) is 35.1. The van der Waals surface area contributed by atoms with Gasteiger partial charge in [-0.2, -0.15) is 0 Å². The lowest BCUT2D eigenvalue weighted by Crippen LogP contribution is -2.75. The highest BCUT2D eigenvalue weighted by Crippen LogP contribution is 2.50. The van der Waals surface area contributed by atoms with Crippen LogP contribution in [0.25, 0.3) is 0 Å². The van der Waals surface area contributed by atoms with E-state index in [0.717, 1.165) is 44.4 Å². The fraction of sp³-hybridized carbons (Fsp3) is 0.938. The van der Waals surface area contributed by atoms with Crippen molar-refractivity contribution in [1.29, 1.82) is 0 Å². The summed E-state index contributed by atoms with van der Waals surface area (Å²) < 4.78 is 48.5. The average molecular weight is 725 g/mol. The molecular formula is C32H68N2O10Si3. The lowest BCUT2D eigenvalue weighted by molar-refractivity contribution is -0.141. The van der Waals surface area contributed by atoms with Crippen LogP contribution in [0, 0.1) is 10.8 Å². The van der Waals surface area contributed by atoms with Gasteiger partial charge in [0.25, 0.3) is 0 Å². The highest BCUT2D eigenvalue weighted by Gasteiger charge is 2.66. The molecule has 2 N–H and O–H groups in total. The van der Waals surface area contributed by atoms with Crippen molar-refractivity contribution in [3.05, 3.63) is 0 Å². The molecule has 0 aromatic heterocycles. The van der Waals surface area contributed by atoms with Gasteiger partial charge in [0.2, 0.25) is 8.32 Å². The van der Waals surface area contributed by atoms with E-state index in [9.17, 15) is 9.59 Å². The number of rotatable bonds is 25. The Morgan fingerprint density at radius 3 is 1.55 bits per heavy atom. The first-order valence-electron chi connectivity index (χ1n) is 16.8. The second-order valence-corrected chi connectivity index (χ2v) is 26.4. The molecular weight excluding hydrogens is 657 g/mol. The summed E-state index contributed by atoms with van der Waals surface area (Å²) in [4.78, 5) is 23.0. The van der Waals surface area contributed by atoms with Gasteiger partial charge in [-0.05, 0) is 69.5 Å². The van der Waals surface area contributed by atoms with Gasteiger partial charge in [-0.15, -0.1) is 0 Å². The number of hydrogen-bond acceptors (Lipinski definition) is 12. The molecule has 0 aliphatic carbocycles. The topological polar surface area (TPSA) is 132 Å². The van der Waals surface area contributed by atoms with Crippen molar-refractivity contribution < 1.29 is 45.6 Å². The van der Waals surface area contributed by atoms with Gasteiger partial charge in [0.05, 0.1) is 37.5 Å². The second-order valence-electron chi connectivity index (χ2n) is 15.3. The fourth-order valence-corrected chi connectivity index (χ4v) is 17.8. The summed E-state index contributed by atoms with van der Waals surface area (Å²) in [5, 5.41) is 5.61. The van der Waals surface area contributed by atoms with Gasteiger partial charge < -0.3 is 46.7 Å². The smallest absolute Gasteiger partial charge is 0.469 e. The Bertz CT molecular complexity index is 979. The van der Waals surface area contributed by atoms with Crippen LogP contribution in [0.3, 0.4) is 0 Å². The number of carbonyl (C=O) groups excluding carboxylic acids is 2. The molecule has 1 saturated heterocycles. The van der Waals surface area contributed by atoms with Crippen LogP contribution in [-0.2, 0) is 45.6 Å². The second kappa shape index (κ2) is 18.5. The molecule has 15 heteroatoms. The third kappa shape index (κ3) is 12.5. The van der Waals surface area contributed by atoms with E-state index < -0.39 is 36.1 Å². The molecule has 0 saturated carbocycles. The monoisotopic (exact) mass is 724 g/mol. The van der Waals surface area contributed by atoms with Crippen LogP contribution in [-0.4, -0.2) is 117 Å². The molecule has 1 aliphatic rings. The Morgan fingerprint density at radius 1 is 0.745 bits per heavy atom. The Morgan fingerprint density at radius 2 is 1.19 bits per heavy atom. The minimum atomic E-state index is -3.06. The van der Waals surface area contributed by atoms with Gasteiger partial charge in [0.15, 0.2) is 0 Å². The standard InChI is InChI=1S/C32H68N2O10Si3/c1-29(2,25-33-20-15-27(35)37-8)17-23-46(39-10,40-11)31(5,6)43-45(14)22-19-32(45,7)44-47(41-12,42-13)24-18-30(3,4)26-34-21-16-28(36)38-9/h33-34H,15-26H2,1-14H3. The number of nitrogens with one attached hydrogen (secondary N) is 2. The molecule has 0 bridgehead atoms. The number of methoxy groups -OCH3 is 2. The maximum atomic E-state index is 11.5. The molecule has 1 aliphatic heterocycles. The van der Waals surface area contributed by atoms with Crippen LogP contribution in [0.5, 0.6) is 0 Å². The molecule has 1 heterocycles. The van der Waals surface area contributed by atoms with Crippen LogP contribution >= 0.6 is 0 Å². The van der Waals surface area contributed by atoms with Crippen molar-refractivity contribution in [2.24, 2.45) is 10.8 Å². The van der Waals surface area contributed by atoms with Crippen LogP contribution < -0.4 is 10.6 Å². The summed E-state index contributed by atoms with van der Waals surface area (Å²) in [7, 11) is 1.23. The summed E-state index contributed by atoms with van der Waals surface area (Å²) >= 11 is 0. The first kappa shape index (κ1) is 44.3. The van der Waals surface area contributed by atoms with Crippen LogP contribution in [0.15, 0.2) is 0 Å². The summed E-state index contributed by atoms with van der Waals surface area (Å²) in [5.74, 6) is -0.438. The van der Waals surface area contributed by atoms with Gasteiger partial charge >= 0.3 is 29.3 Å². The Balaban J connectivity index is 3.00. The van der Waals surface area contributed by atoms with E-state index in [4.69, 9.17) is 36.0 Å². The van der Waals surface area contributed by atoms with Crippen molar-refractivity contribution in [2.45, 2.75) is 116 Å². The number of hydrogen-bond donors (Lipinski definition) is 2. The predicted molar refractivity (Wildman–Crippen MR) is 191 cm³/mol. The van der Waals surface area contributed by atoms with Crippen molar-refractivity contribution in [2.75, 3.05) is 68.8 Å². The summed E-state index contributed by atoms with van der Waals surface area (Å²) in [6, 6.07) is 2.36. The van der Waals surface area contributed by atoms with E-state index in [1.807, 2.05) is 0 Å². The molecule has 2 atom stereocenters. The van der Waals surface area contributed by atoms with E-state index in [0.29, 0.717) is 32.0 Å². The predicted octanol–water partition coefficient (Wildman–Crippen LogP) is 4.72. The summed E-state index contributed by atoms with van der Waals surface area (Å²) in [6.45, 7) is 20.1. The van der Waals surface area contributed by atoms with E-state index in [1.165, 1.54) is 14.2 Å². The van der Waals surface area contributed by atoms with Gasteiger partial charge in [0, 0.05) is 60.7 Å². The molecule has 278 valence electrons. The SMILES string of the molecule is COC(=O)CCNCC(C)(C)CC[Si](OC)(OC)OC1(C)CC[Si]1(C)OC(C)(C)[Si](CCC(C)(C)CNCCC(=O)OC)(OC)OC. The van der Waals surface area contributed by atoms with Crippen LogP contribution in [0.4, 0.5) is 0 Å². The van der Waals surface area contributed by atoms with Gasteiger partial charge in [0.1, 0.15) is 0 Å². The highest BCUT2D eigenvalue weighted by molar-refractivity contribution is 6.81. The van der Waals surface area contributed by atoms with Crippen molar-refractivity contribution >= 4 is 37.6 Å². The Hall–Kier alpha value is -0.729. The average Bonchev–Trinajstić information content (AvgIpc) is 3.02. The maximum absolute atomic E-state index is 11.5. The normalized spacial score (nSPS) is 21.0. The summed E-state index contributed by atoms with van der Waals surface area (Å²) in [6.07, 6.45) is 3.23. The Kier molecular flexibility index (Phi) is 17.4. The molecule has 1 rings (SSSR count). The van der Waals surface area contributed by atoms with Crippen molar-refractivity contribution in [1.82, 2.24) is 10.6 Å². The first-order valence-corrected chi connectivity index (χ1v) is 23.4. The van der Waals surface area contributed by atoms with Gasteiger partial charge in [-0.3, -0.25) is 9.59 Å². The largest absolute Gasteiger partial charge is 0.500 e. The number of ether oxygens (including phenoxy) is 2. The third-order valence-corrected chi connectivity index (χ3v) is 22.4. The molecule has 2 unspecified atom stereocenters. The number of esters is 2. The van der Waals surface area contributed by atoms with Crippen LogP contribution in [0.1, 0.15) is 80.6 Å². The van der Waals surface area contributed by atoms with E-state index >= 15 is 0 Å². The fourth-order valence-electron chi connectivity index (χ4n) is 6.24. The zero-order valence-electron chi connectivity index (χ0n) is 32.1. The van der Waals surface area contributed by atoms with E-state index in [1.54, 1.807) is 28.4 Å². The molecule has 12 nitrogen and oxygen atoms in total. The van der Waals surface area contributed by atoms with Gasteiger partial charge in [-0.1, -0.05) is 27.7 Å². The van der Waals surface area contributed by atoms with E-state index in [2.05, 4.69) is 65.6 Å². The third-order valence-electron chi connectivity index (χ3n) is 10.2. The lowest BCUT2D eigenvalue weighted by Gasteiger charge is -2.59. The lowest BCUT2D eigenvalue weighted by atomic mass is 9.90. The molecule has 0 amide bonds. The minimum absolute atomic E-state index is 0.0519. The number of carbonyl (C=O) groups is 2. The maximum Gasteiger partial charge on any atom is 0.500 e. The zero-order chi connectivity index (χ0) is 36.2. The minimum Gasteiger partial charge on any atom is -0.469 e. The molecule has 0 aromatic rings. The first-order chi connectivity index (χ1) is 21.7. The van der Waals surface area contributed by atoms with Crippen LogP contribution in [0.2, 0.25) is 24.7 Å². The Labute approximate surface area is 288 Å². The molecule has 1 fully saturated rings. The van der Waals surface area contributed by atoms with Gasteiger partial charge in [-0.25, -0.2) is 0 Å². The van der Waals surface area contributed by atoms with Crippen molar-refractivity contribution in [3.63, 3.8) is 0 Å². The molecule has 0 spiro atoms. The molecule has 47 heavy (non-hydrogen) atoms. The van der Waals surface area contributed by atoms with Crippen molar-refractivity contribution in [3.8, 4) is 0 Å². The van der Waals surface area contributed by atoms with E-state index in [-0.39, 0.29) is 22.8 Å². The quantitative estimate of drug-likeness (QED) is 0.0768.